The highest BCUT2D eigenvalue weighted by atomic mass is 19.1. The molecule has 0 heterocycles. The smallest absolute Gasteiger partial charge is 0.123 e. The van der Waals surface area contributed by atoms with Crippen LogP contribution in [0.25, 0.3) is 0 Å². The van der Waals surface area contributed by atoms with Crippen LogP contribution in [0.1, 0.15) is 31.2 Å². The molecule has 0 saturated heterocycles. The largest absolute Gasteiger partial charge is 0.490 e. The first-order valence-electron chi connectivity index (χ1n) is 7.55. The molecule has 3 rings (SSSR count). The van der Waals surface area contributed by atoms with Crippen molar-refractivity contribution in [2.45, 2.75) is 38.3 Å². The highest BCUT2D eigenvalue weighted by Gasteiger charge is 2.16. The van der Waals surface area contributed by atoms with Crippen LogP contribution in [-0.2, 0) is 6.54 Å². The van der Waals surface area contributed by atoms with Crippen molar-refractivity contribution >= 4 is 5.69 Å². The zero-order valence-corrected chi connectivity index (χ0v) is 12.0. The molecular formula is C18H20FNO. The van der Waals surface area contributed by atoms with Crippen molar-refractivity contribution in [2.24, 2.45) is 0 Å². The molecular weight excluding hydrogens is 265 g/mol. The van der Waals surface area contributed by atoms with E-state index in [1.165, 1.54) is 37.8 Å². The van der Waals surface area contributed by atoms with Crippen LogP contribution in [0.15, 0.2) is 48.5 Å². The van der Waals surface area contributed by atoms with E-state index in [9.17, 15) is 4.39 Å². The van der Waals surface area contributed by atoms with Gasteiger partial charge in [-0.25, -0.2) is 4.39 Å². The monoisotopic (exact) mass is 285 g/mol. The topological polar surface area (TPSA) is 21.3 Å². The van der Waals surface area contributed by atoms with E-state index in [0.717, 1.165) is 17.0 Å². The highest BCUT2D eigenvalue weighted by molar-refractivity contribution is 5.46. The van der Waals surface area contributed by atoms with Gasteiger partial charge in [-0.1, -0.05) is 12.1 Å². The van der Waals surface area contributed by atoms with Crippen LogP contribution in [0.4, 0.5) is 10.1 Å². The van der Waals surface area contributed by atoms with Gasteiger partial charge in [-0.15, -0.1) is 0 Å². The minimum atomic E-state index is -0.202. The molecule has 110 valence electrons. The maximum atomic E-state index is 12.8. The van der Waals surface area contributed by atoms with Crippen molar-refractivity contribution in [1.29, 1.82) is 0 Å². The summed E-state index contributed by atoms with van der Waals surface area (Å²) in [4.78, 5) is 0. The summed E-state index contributed by atoms with van der Waals surface area (Å²) >= 11 is 0. The van der Waals surface area contributed by atoms with Crippen molar-refractivity contribution in [3.05, 3.63) is 59.9 Å². The van der Waals surface area contributed by atoms with Crippen molar-refractivity contribution in [3.63, 3.8) is 0 Å². The number of anilines is 1. The lowest BCUT2D eigenvalue weighted by atomic mass is 10.2. The van der Waals surface area contributed by atoms with E-state index in [2.05, 4.69) is 5.32 Å². The third-order valence-corrected chi connectivity index (χ3v) is 3.87. The van der Waals surface area contributed by atoms with Gasteiger partial charge in [0.05, 0.1) is 6.10 Å². The zero-order chi connectivity index (χ0) is 14.5. The number of rotatable bonds is 5. The van der Waals surface area contributed by atoms with Crippen molar-refractivity contribution < 1.29 is 9.13 Å². The van der Waals surface area contributed by atoms with Crippen molar-refractivity contribution in [3.8, 4) is 5.75 Å². The Morgan fingerprint density at radius 2 is 1.62 bits per heavy atom. The lowest BCUT2D eigenvalue weighted by Gasteiger charge is -2.13. The Bertz CT molecular complexity index is 559. The number of hydrogen-bond acceptors (Lipinski definition) is 2. The van der Waals surface area contributed by atoms with Gasteiger partial charge in [-0.3, -0.25) is 0 Å². The van der Waals surface area contributed by atoms with Gasteiger partial charge in [0.2, 0.25) is 0 Å². The summed E-state index contributed by atoms with van der Waals surface area (Å²) < 4.78 is 18.8. The van der Waals surface area contributed by atoms with Crippen molar-refractivity contribution in [1.82, 2.24) is 0 Å². The summed E-state index contributed by atoms with van der Waals surface area (Å²) in [7, 11) is 0. The first kappa shape index (κ1) is 13.9. The molecule has 0 radical (unpaired) electrons. The van der Waals surface area contributed by atoms with E-state index in [1.54, 1.807) is 12.1 Å². The lowest BCUT2D eigenvalue weighted by molar-refractivity contribution is 0.210. The third kappa shape index (κ3) is 3.97. The van der Waals surface area contributed by atoms with Gasteiger partial charge in [-0.05, 0) is 67.6 Å². The molecule has 1 aliphatic carbocycles. The van der Waals surface area contributed by atoms with Crippen LogP contribution in [0.2, 0.25) is 0 Å². The number of nitrogens with one attached hydrogen (secondary N) is 1. The summed E-state index contributed by atoms with van der Waals surface area (Å²) in [5.41, 5.74) is 2.10. The quantitative estimate of drug-likeness (QED) is 0.855. The predicted octanol–water partition coefficient (Wildman–Crippen LogP) is 4.76. The Kier molecular flexibility index (Phi) is 4.39. The fraction of sp³-hybridized carbons (Fsp3) is 0.333. The molecule has 3 heteroatoms. The molecule has 2 aromatic carbocycles. The number of halogens is 1. The van der Waals surface area contributed by atoms with Gasteiger partial charge in [0.15, 0.2) is 0 Å². The summed E-state index contributed by atoms with van der Waals surface area (Å²) in [6, 6.07) is 14.6. The Labute approximate surface area is 125 Å². The molecule has 0 aliphatic heterocycles. The van der Waals surface area contributed by atoms with Crippen LogP contribution in [0, 0.1) is 5.82 Å². The zero-order valence-electron chi connectivity index (χ0n) is 12.0. The summed E-state index contributed by atoms with van der Waals surface area (Å²) in [6.45, 7) is 0.684. The van der Waals surface area contributed by atoms with Gasteiger partial charge in [-0.2, -0.15) is 0 Å². The van der Waals surface area contributed by atoms with E-state index in [-0.39, 0.29) is 5.82 Å². The first-order chi connectivity index (χ1) is 10.3. The second-order valence-electron chi connectivity index (χ2n) is 5.53. The van der Waals surface area contributed by atoms with Crippen LogP contribution in [0.3, 0.4) is 0 Å². The molecule has 1 aliphatic rings. The second-order valence-corrected chi connectivity index (χ2v) is 5.53. The van der Waals surface area contributed by atoms with Gasteiger partial charge < -0.3 is 10.1 Å². The molecule has 2 nitrogen and oxygen atoms in total. The van der Waals surface area contributed by atoms with Gasteiger partial charge in [0.1, 0.15) is 11.6 Å². The highest BCUT2D eigenvalue weighted by Crippen LogP contribution is 2.25. The van der Waals surface area contributed by atoms with Crippen LogP contribution < -0.4 is 10.1 Å². The van der Waals surface area contributed by atoms with E-state index in [1.807, 2.05) is 24.3 Å². The maximum Gasteiger partial charge on any atom is 0.123 e. The molecule has 1 N–H and O–H groups in total. The van der Waals surface area contributed by atoms with E-state index < -0.39 is 0 Å². The van der Waals surface area contributed by atoms with E-state index >= 15 is 0 Å². The molecule has 0 spiro atoms. The van der Waals surface area contributed by atoms with Gasteiger partial charge in [0.25, 0.3) is 0 Å². The molecule has 2 aromatic rings. The Morgan fingerprint density at radius 3 is 2.29 bits per heavy atom. The first-order valence-corrected chi connectivity index (χ1v) is 7.55. The number of ether oxygens (including phenoxy) is 1. The predicted molar refractivity (Wildman–Crippen MR) is 83.1 cm³/mol. The SMILES string of the molecule is Fc1ccc(CNc2ccc(OC3CCCC3)cc2)cc1. The molecule has 1 saturated carbocycles. The number of hydrogen-bond donors (Lipinski definition) is 1. The fourth-order valence-corrected chi connectivity index (χ4v) is 2.66. The van der Waals surface area contributed by atoms with Crippen LogP contribution >= 0.6 is 0 Å². The Balaban J connectivity index is 1.52. The van der Waals surface area contributed by atoms with E-state index in [0.29, 0.717) is 12.6 Å². The average Bonchev–Trinajstić information content (AvgIpc) is 3.01. The van der Waals surface area contributed by atoms with E-state index in [4.69, 9.17) is 4.74 Å². The normalized spacial score (nSPS) is 15.1. The van der Waals surface area contributed by atoms with Crippen LogP contribution in [-0.4, -0.2) is 6.10 Å². The Hall–Kier alpha value is -2.03. The molecule has 21 heavy (non-hydrogen) atoms. The molecule has 0 amide bonds. The molecule has 0 bridgehead atoms. The van der Waals surface area contributed by atoms with Crippen molar-refractivity contribution in [2.75, 3.05) is 5.32 Å². The third-order valence-electron chi connectivity index (χ3n) is 3.87. The Morgan fingerprint density at radius 1 is 0.952 bits per heavy atom. The molecule has 1 fully saturated rings. The number of benzene rings is 2. The van der Waals surface area contributed by atoms with Gasteiger partial charge in [0, 0.05) is 12.2 Å². The standard InChI is InChI=1S/C18H20FNO/c19-15-7-5-14(6-8-15)13-20-16-9-11-18(12-10-16)21-17-3-1-2-4-17/h5-12,17,20H,1-4,13H2. The molecule has 0 atom stereocenters. The maximum absolute atomic E-state index is 12.8. The summed E-state index contributed by atoms with van der Waals surface area (Å²) in [5, 5.41) is 3.32. The molecule has 0 aromatic heterocycles. The van der Waals surface area contributed by atoms with Gasteiger partial charge >= 0.3 is 0 Å². The molecule has 0 unspecified atom stereocenters. The van der Waals surface area contributed by atoms with Crippen LogP contribution in [0.5, 0.6) is 5.75 Å². The summed E-state index contributed by atoms with van der Waals surface area (Å²) in [6.07, 6.45) is 5.29. The lowest BCUT2D eigenvalue weighted by Crippen LogP contribution is -2.10. The second kappa shape index (κ2) is 6.61. The fourth-order valence-electron chi connectivity index (χ4n) is 2.66. The minimum Gasteiger partial charge on any atom is -0.490 e. The minimum absolute atomic E-state index is 0.202. The average molecular weight is 285 g/mol. The summed E-state index contributed by atoms with van der Waals surface area (Å²) in [5.74, 6) is 0.737.